The quantitative estimate of drug-likeness (QED) is 0.835. The van der Waals surface area contributed by atoms with E-state index in [9.17, 15) is 13.9 Å². The molecular formula is C15H11BrF2O3. The van der Waals surface area contributed by atoms with Crippen molar-refractivity contribution in [3.8, 4) is 17.2 Å². The topological polar surface area (TPSA) is 38.7 Å². The van der Waals surface area contributed by atoms with Crippen molar-refractivity contribution >= 4 is 15.9 Å². The lowest BCUT2D eigenvalue weighted by atomic mass is 9.85. The molecule has 110 valence electrons. The van der Waals surface area contributed by atoms with Gasteiger partial charge in [-0.15, -0.1) is 0 Å². The molecule has 0 spiro atoms. The van der Waals surface area contributed by atoms with Crippen LogP contribution < -0.4 is 9.47 Å². The van der Waals surface area contributed by atoms with Crippen LogP contribution >= 0.6 is 15.9 Å². The Morgan fingerprint density at radius 1 is 1.14 bits per heavy atom. The highest BCUT2D eigenvalue weighted by Crippen LogP contribution is 2.49. The first-order valence-corrected chi connectivity index (χ1v) is 6.91. The van der Waals surface area contributed by atoms with Gasteiger partial charge in [-0.1, -0.05) is 0 Å². The highest BCUT2D eigenvalue weighted by atomic mass is 79.9. The van der Waals surface area contributed by atoms with Gasteiger partial charge in [0.15, 0.2) is 11.6 Å². The summed E-state index contributed by atoms with van der Waals surface area (Å²) in [5.41, 5.74) is -0.963. The van der Waals surface area contributed by atoms with Crippen molar-refractivity contribution < 1.29 is 23.4 Å². The summed E-state index contributed by atoms with van der Waals surface area (Å²) >= 11 is 3.07. The molecule has 0 aromatic heterocycles. The van der Waals surface area contributed by atoms with E-state index in [1.807, 2.05) is 0 Å². The van der Waals surface area contributed by atoms with Gasteiger partial charge >= 0.3 is 0 Å². The van der Waals surface area contributed by atoms with Crippen molar-refractivity contribution in [1.29, 1.82) is 0 Å². The zero-order valence-corrected chi connectivity index (χ0v) is 12.8. The van der Waals surface area contributed by atoms with Gasteiger partial charge in [-0.3, -0.25) is 0 Å². The summed E-state index contributed by atoms with van der Waals surface area (Å²) in [5, 5.41) is 10.8. The van der Waals surface area contributed by atoms with Crippen LogP contribution in [0.25, 0.3) is 0 Å². The number of rotatable bonds is 1. The predicted octanol–water partition coefficient (Wildman–Crippen LogP) is 4.10. The zero-order valence-electron chi connectivity index (χ0n) is 11.2. The fraction of sp³-hybridized carbons (Fsp3) is 0.200. The number of fused-ring (bicyclic) bond motifs is 2. The molecule has 2 aromatic carbocycles. The van der Waals surface area contributed by atoms with Crippen LogP contribution in [0.5, 0.6) is 17.2 Å². The number of benzene rings is 2. The molecule has 2 aromatic rings. The Morgan fingerprint density at radius 2 is 1.86 bits per heavy atom. The molecule has 3 rings (SSSR count). The number of hydrogen-bond acceptors (Lipinski definition) is 3. The highest BCUT2D eigenvalue weighted by Gasteiger charge is 2.39. The van der Waals surface area contributed by atoms with Crippen LogP contribution in [-0.2, 0) is 5.60 Å². The number of hydrogen-bond donors (Lipinski definition) is 1. The van der Waals surface area contributed by atoms with Gasteiger partial charge in [-0.05, 0) is 35.0 Å². The third kappa shape index (κ3) is 2.10. The standard InChI is InChI=1S/C15H11BrF2O3/c1-15(19)8-5-10(16)11(17)6-13(8)21-14-9(15)3-7(20-2)4-12(14)18/h3-6,19H,1-2H3/t15-/m0/s1. The van der Waals surface area contributed by atoms with Crippen LogP contribution in [-0.4, -0.2) is 12.2 Å². The van der Waals surface area contributed by atoms with Crippen LogP contribution in [0.1, 0.15) is 18.1 Å². The number of aliphatic hydroxyl groups is 1. The molecule has 1 atom stereocenters. The van der Waals surface area contributed by atoms with Crippen LogP contribution in [0.4, 0.5) is 8.78 Å². The van der Waals surface area contributed by atoms with E-state index in [-0.39, 0.29) is 27.3 Å². The van der Waals surface area contributed by atoms with Gasteiger partial charge in [-0.25, -0.2) is 8.78 Å². The molecule has 1 N–H and O–H groups in total. The monoisotopic (exact) mass is 356 g/mol. The minimum absolute atomic E-state index is 0.0808. The maximum atomic E-state index is 14.1. The van der Waals surface area contributed by atoms with Crippen LogP contribution in [0.2, 0.25) is 0 Å². The zero-order chi connectivity index (χ0) is 15.4. The molecule has 0 unspecified atom stereocenters. The Balaban J connectivity index is 2.28. The predicted molar refractivity (Wildman–Crippen MR) is 75.8 cm³/mol. The average molecular weight is 357 g/mol. The third-order valence-electron chi connectivity index (χ3n) is 3.54. The van der Waals surface area contributed by atoms with Crippen molar-refractivity contribution in [1.82, 2.24) is 0 Å². The molecule has 0 saturated carbocycles. The Labute approximate surface area is 128 Å². The van der Waals surface area contributed by atoms with E-state index in [4.69, 9.17) is 9.47 Å². The molecule has 1 aliphatic rings. The maximum Gasteiger partial charge on any atom is 0.169 e. The fourth-order valence-electron chi connectivity index (χ4n) is 2.40. The Bertz CT molecular complexity index is 744. The van der Waals surface area contributed by atoms with E-state index in [0.29, 0.717) is 5.56 Å². The van der Waals surface area contributed by atoms with E-state index in [1.54, 1.807) is 0 Å². The lowest BCUT2D eigenvalue weighted by Gasteiger charge is -2.33. The normalized spacial score (nSPS) is 19.5. The second-order valence-electron chi connectivity index (χ2n) is 4.92. The van der Waals surface area contributed by atoms with Crippen molar-refractivity contribution in [3.63, 3.8) is 0 Å². The lowest BCUT2D eigenvalue weighted by Crippen LogP contribution is -2.28. The molecule has 0 amide bonds. The first-order valence-electron chi connectivity index (χ1n) is 6.12. The SMILES string of the molecule is COc1cc(F)c2c(c1)[C@@](C)(O)c1cc(Br)c(F)cc1O2. The van der Waals surface area contributed by atoms with E-state index in [2.05, 4.69) is 15.9 Å². The summed E-state index contributed by atoms with van der Waals surface area (Å²) in [5.74, 6) is -1.02. The molecule has 1 heterocycles. The average Bonchev–Trinajstić information content (AvgIpc) is 2.42. The Morgan fingerprint density at radius 3 is 2.52 bits per heavy atom. The number of halogens is 3. The summed E-state index contributed by atoms with van der Waals surface area (Å²) < 4.78 is 38.4. The Kier molecular flexibility index (Phi) is 3.18. The van der Waals surface area contributed by atoms with Crippen molar-refractivity contribution in [2.45, 2.75) is 12.5 Å². The second-order valence-corrected chi connectivity index (χ2v) is 5.78. The molecule has 0 radical (unpaired) electrons. The van der Waals surface area contributed by atoms with Gasteiger partial charge in [0, 0.05) is 23.3 Å². The molecule has 1 aliphatic heterocycles. The molecule has 0 aliphatic carbocycles. The smallest absolute Gasteiger partial charge is 0.169 e. The minimum atomic E-state index is -1.53. The molecule has 0 bridgehead atoms. The largest absolute Gasteiger partial charge is 0.497 e. The first kappa shape index (κ1) is 14.3. The van der Waals surface area contributed by atoms with Gasteiger partial charge in [0.1, 0.15) is 22.9 Å². The summed E-state index contributed by atoms with van der Waals surface area (Å²) in [6.45, 7) is 1.50. The summed E-state index contributed by atoms with van der Waals surface area (Å²) in [4.78, 5) is 0. The Hall–Kier alpha value is -1.66. The van der Waals surface area contributed by atoms with E-state index in [0.717, 1.165) is 12.1 Å². The molecular weight excluding hydrogens is 346 g/mol. The third-order valence-corrected chi connectivity index (χ3v) is 4.14. The highest BCUT2D eigenvalue weighted by molar-refractivity contribution is 9.10. The molecule has 0 fully saturated rings. The molecule has 3 nitrogen and oxygen atoms in total. The molecule has 6 heteroatoms. The summed E-state index contributed by atoms with van der Waals surface area (Å²) in [6, 6.07) is 5.18. The first-order chi connectivity index (χ1) is 9.84. The van der Waals surface area contributed by atoms with E-state index in [1.165, 1.54) is 26.2 Å². The summed E-state index contributed by atoms with van der Waals surface area (Å²) in [6.07, 6.45) is 0. The van der Waals surface area contributed by atoms with Gasteiger partial charge in [0.05, 0.1) is 11.6 Å². The van der Waals surface area contributed by atoms with Gasteiger partial charge in [-0.2, -0.15) is 0 Å². The van der Waals surface area contributed by atoms with Gasteiger partial charge < -0.3 is 14.6 Å². The van der Waals surface area contributed by atoms with Crippen molar-refractivity contribution in [2.24, 2.45) is 0 Å². The van der Waals surface area contributed by atoms with Crippen LogP contribution in [0.3, 0.4) is 0 Å². The van der Waals surface area contributed by atoms with Crippen LogP contribution in [0, 0.1) is 11.6 Å². The van der Waals surface area contributed by atoms with Crippen molar-refractivity contribution in [2.75, 3.05) is 7.11 Å². The van der Waals surface area contributed by atoms with E-state index < -0.39 is 17.2 Å². The fourth-order valence-corrected chi connectivity index (χ4v) is 2.74. The van der Waals surface area contributed by atoms with Crippen LogP contribution in [0.15, 0.2) is 28.7 Å². The van der Waals surface area contributed by atoms with E-state index >= 15 is 0 Å². The van der Waals surface area contributed by atoms with Gasteiger partial charge in [0.2, 0.25) is 0 Å². The number of methoxy groups -OCH3 is 1. The van der Waals surface area contributed by atoms with Crippen molar-refractivity contribution in [3.05, 3.63) is 51.5 Å². The minimum Gasteiger partial charge on any atom is -0.497 e. The number of ether oxygens (including phenoxy) is 2. The summed E-state index contributed by atoms with van der Waals surface area (Å²) in [7, 11) is 1.40. The molecule has 0 saturated heterocycles. The van der Waals surface area contributed by atoms with Gasteiger partial charge in [0.25, 0.3) is 0 Å². The second kappa shape index (κ2) is 4.68. The maximum absolute atomic E-state index is 14.1. The lowest BCUT2D eigenvalue weighted by molar-refractivity contribution is 0.0883. The molecule has 21 heavy (non-hydrogen) atoms.